The van der Waals surface area contributed by atoms with E-state index in [-0.39, 0.29) is 18.6 Å². The van der Waals surface area contributed by atoms with Gasteiger partial charge in [-0.05, 0) is 25.1 Å². The standard InChI is InChI=1S/C14H17N3O5/c1-8-6-17(7-11(22-8)13(19)20)12(18)9-3-2-4-10(5-9)16-14(15)21/h2-5,8,11H,6-7H2,1H3,(H,19,20)(H3,15,16,21)/t8-,11?/m1/s1. The normalized spacial score (nSPS) is 21.2. The average molecular weight is 307 g/mol. The Morgan fingerprint density at radius 2 is 2.09 bits per heavy atom. The molecular formula is C14H17N3O5. The molecule has 8 nitrogen and oxygen atoms in total. The summed E-state index contributed by atoms with van der Waals surface area (Å²) in [5.41, 5.74) is 5.77. The lowest BCUT2D eigenvalue weighted by Crippen LogP contribution is -2.51. The van der Waals surface area contributed by atoms with E-state index in [0.717, 1.165) is 0 Å². The molecule has 1 saturated heterocycles. The Kier molecular flexibility index (Phi) is 4.62. The molecule has 0 saturated carbocycles. The minimum absolute atomic E-state index is 0.0218. The van der Waals surface area contributed by atoms with Crippen molar-refractivity contribution in [3.63, 3.8) is 0 Å². The molecular weight excluding hydrogens is 290 g/mol. The highest BCUT2D eigenvalue weighted by atomic mass is 16.5. The number of carbonyl (C=O) groups is 3. The fourth-order valence-electron chi connectivity index (χ4n) is 2.31. The molecule has 1 fully saturated rings. The third kappa shape index (κ3) is 3.73. The molecule has 8 heteroatoms. The van der Waals surface area contributed by atoms with Crippen molar-refractivity contribution < 1.29 is 24.2 Å². The van der Waals surface area contributed by atoms with E-state index in [2.05, 4.69) is 5.32 Å². The van der Waals surface area contributed by atoms with Crippen molar-refractivity contribution in [1.29, 1.82) is 0 Å². The fraction of sp³-hybridized carbons (Fsp3) is 0.357. The van der Waals surface area contributed by atoms with Crippen LogP contribution in [-0.2, 0) is 9.53 Å². The van der Waals surface area contributed by atoms with Gasteiger partial charge in [-0.2, -0.15) is 0 Å². The molecule has 1 aromatic carbocycles. The third-order valence-corrected chi connectivity index (χ3v) is 3.20. The number of carboxylic acids is 1. The minimum Gasteiger partial charge on any atom is -0.479 e. The second kappa shape index (κ2) is 6.44. The second-order valence-corrected chi connectivity index (χ2v) is 5.05. The summed E-state index contributed by atoms with van der Waals surface area (Å²) >= 11 is 0. The quantitative estimate of drug-likeness (QED) is 0.750. The van der Waals surface area contributed by atoms with Crippen LogP contribution in [0.2, 0.25) is 0 Å². The van der Waals surface area contributed by atoms with Gasteiger partial charge in [0.25, 0.3) is 5.91 Å². The maximum absolute atomic E-state index is 12.5. The van der Waals surface area contributed by atoms with Gasteiger partial charge in [-0.3, -0.25) is 4.79 Å². The van der Waals surface area contributed by atoms with E-state index in [0.29, 0.717) is 17.8 Å². The summed E-state index contributed by atoms with van der Waals surface area (Å²) in [5, 5.41) is 11.4. The van der Waals surface area contributed by atoms with Gasteiger partial charge in [-0.15, -0.1) is 0 Å². The number of nitrogens with zero attached hydrogens (tertiary/aromatic N) is 1. The maximum atomic E-state index is 12.5. The Labute approximate surface area is 126 Å². The van der Waals surface area contributed by atoms with Gasteiger partial charge in [0.15, 0.2) is 6.10 Å². The van der Waals surface area contributed by atoms with Gasteiger partial charge >= 0.3 is 12.0 Å². The molecule has 0 aliphatic carbocycles. The Bertz CT molecular complexity index is 604. The summed E-state index contributed by atoms with van der Waals surface area (Å²) in [7, 11) is 0. The number of carbonyl (C=O) groups excluding carboxylic acids is 2. The molecule has 3 amide bonds. The zero-order valence-electron chi connectivity index (χ0n) is 12.0. The van der Waals surface area contributed by atoms with Gasteiger partial charge in [0.1, 0.15) is 0 Å². The molecule has 1 aliphatic rings. The number of benzene rings is 1. The predicted octanol–water partition coefficient (Wildman–Crippen LogP) is 0.491. The van der Waals surface area contributed by atoms with Crippen LogP contribution in [0.4, 0.5) is 10.5 Å². The van der Waals surface area contributed by atoms with Crippen molar-refractivity contribution in [3.8, 4) is 0 Å². The number of nitrogens with one attached hydrogen (secondary N) is 1. The molecule has 1 heterocycles. The van der Waals surface area contributed by atoms with Crippen LogP contribution in [-0.4, -0.2) is 53.2 Å². The molecule has 2 atom stereocenters. The number of hydrogen-bond acceptors (Lipinski definition) is 4. The lowest BCUT2D eigenvalue weighted by molar-refractivity contribution is -0.160. The number of carboxylic acid groups (broad SMARTS) is 1. The molecule has 118 valence electrons. The number of anilines is 1. The molecule has 0 bridgehead atoms. The van der Waals surface area contributed by atoms with Crippen LogP contribution in [0.5, 0.6) is 0 Å². The summed E-state index contributed by atoms with van der Waals surface area (Å²) in [4.78, 5) is 35.8. The summed E-state index contributed by atoms with van der Waals surface area (Å²) in [6.45, 7) is 1.99. The van der Waals surface area contributed by atoms with Crippen molar-refractivity contribution in [3.05, 3.63) is 29.8 Å². The van der Waals surface area contributed by atoms with E-state index >= 15 is 0 Å². The van der Waals surface area contributed by atoms with Gasteiger partial charge in [-0.25, -0.2) is 9.59 Å². The number of nitrogens with two attached hydrogens (primary N) is 1. The van der Waals surface area contributed by atoms with Gasteiger partial charge in [0.2, 0.25) is 0 Å². The first kappa shape index (κ1) is 15.8. The molecule has 0 radical (unpaired) electrons. The number of amides is 3. The van der Waals surface area contributed by atoms with Crippen molar-refractivity contribution >= 4 is 23.6 Å². The van der Waals surface area contributed by atoms with Crippen LogP contribution in [0.25, 0.3) is 0 Å². The third-order valence-electron chi connectivity index (χ3n) is 3.20. The zero-order chi connectivity index (χ0) is 16.3. The Morgan fingerprint density at radius 3 is 2.73 bits per heavy atom. The molecule has 22 heavy (non-hydrogen) atoms. The Morgan fingerprint density at radius 1 is 1.36 bits per heavy atom. The molecule has 0 spiro atoms. The number of hydrogen-bond donors (Lipinski definition) is 3. The summed E-state index contributed by atoms with van der Waals surface area (Å²) in [6, 6.07) is 5.56. The maximum Gasteiger partial charge on any atom is 0.334 e. The summed E-state index contributed by atoms with van der Waals surface area (Å²) in [5.74, 6) is -1.43. The van der Waals surface area contributed by atoms with E-state index in [1.54, 1.807) is 25.1 Å². The summed E-state index contributed by atoms with van der Waals surface area (Å²) < 4.78 is 5.27. The first-order valence-electron chi connectivity index (χ1n) is 6.71. The number of morpholine rings is 1. The van der Waals surface area contributed by atoms with Crippen molar-refractivity contribution in [1.82, 2.24) is 4.90 Å². The lowest BCUT2D eigenvalue weighted by atomic mass is 10.1. The topological polar surface area (TPSA) is 122 Å². The Balaban J connectivity index is 2.16. The Hall–Kier alpha value is -2.61. The molecule has 0 aromatic heterocycles. The van der Waals surface area contributed by atoms with Gasteiger partial charge < -0.3 is 25.8 Å². The molecule has 1 aromatic rings. The number of urea groups is 1. The molecule has 2 rings (SSSR count). The second-order valence-electron chi connectivity index (χ2n) is 5.05. The fourth-order valence-corrected chi connectivity index (χ4v) is 2.31. The largest absolute Gasteiger partial charge is 0.479 e. The van der Waals surface area contributed by atoms with E-state index < -0.39 is 18.1 Å². The SMILES string of the molecule is C[C@@H]1CN(C(=O)c2cccc(NC(N)=O)c2)CC(C(=O)O)O1. The average Bonchev–Trinajstić information content (AvgIpc) is 2.45. The highest BCUT2D eigenvalue weighted by molar-refractivity contribution is 5.97. The highest BCUT2D eigenvalue weighted by Crippen LogP contribution is 2.17. The van der Waals surface area contributed by atoms with Gasteiger partial charge in [0.05, 0.1) is 12.6 Å². The van der Waals surface area contributed by atoms with Crippen LogP contribution in [0.1, 0.15) is 17.3 Å². The number of rotatable bonds is 3. The van der Waals surface area contributed by atoms with Crippen LogP contribution in [0.3, 0.4) is 0 Å². The number of primary amides is 1. The van der Waals surface area contributed by atoms with E-state index in [9.17, 15) is 14.4 Å². The first-order valence-corrected chi connectivity index (χ1v) is 6.71. The predicted molar refractivity (Wildman–Crippen MR) is 77.5 cm³/mol. The van der Waals surface area contributed by atoms with Crippen molar-refractivity contribution in [2.75, 3.05) is 18.4 Å². The van der Waals surface area contributed by atoms with E-state index in [1.165, 1.54) is 11.0 Å². The lowest BCUT2D eigenvalue weighted by Gasteiger charge is -2.35. The zero-order valence-corrected chi connectivity index (χ0v) is 12.0. The van der Waals surface area contributed by atoms with Gasteiger partial charge in [-0.1, -0.05) is 6.07 Å². The van der Waals surface area contributed by atoms with E-state index in [1.807, 2.05) is 0 Å². The van der Waals surface area contributed by atoms with Crippen LogP contribution in [0, 0.1) is 0 Å². The van der Waals surface area contributed by atoms with Crippen LogP contribution in [0.15, 0.2) is 24.3 Å². The smallest absolute Gasteiger partial charge is 0.334 e. The van der Waals surface area contributed by atoms with Crippen molar-refractivity contribution in [2.45, 2.75) is 19.1 Å². The van der Waals surface area contributed by atoms with Crippen LogP contribution >= 0.6 is 0 Å². The van der Waals surface area contributed by atoms with Crippen LogP contribution < -0.4 is 11.1 Å². The highest BCUT2D eigenvalue weighted by Gasteiger charge is 2.33. The molecule has 1 aliphatic heterocycles. The number of ether oxygens (including phenoxy) is 1. The first-order chi connectivity index (χ1) is 10.4. The monoisotopic (exact) mass is 307 g/mol. The van der Waals surface area contributed by atoms with Crippen molar-refractivity contribution in [2.24, 2.45) is 5.73 Å². The van der Waals surface area contributed by atoms with E-state index in [4.69, 9.17) is 15.6 Å². The molecule has 4 N–H and O–H groups in total. The summed E-state index contributed by atoms with van der Waals surface area (Å²) in [6.07, 6.45) is -1.41. The molecule has 1 unspecified atom stereocenters. The number of aliphatic carboxylic acids is 1. The van der Waals surface area contributed by atoms with Gasteiger partial charge in [0, 0.05) is 17.8 Å². The minimum atomic E-state index is -1.10.